The van der Waals surface area contributed by atoms with Gasteiger partial charge in [0.1, 0.15) is 0 Å². The van der Waals surface area contributed by atoms with Crippen LogP contribution in [0, 0.1) is 0 Å². The summed E-state index contributed by atoms with van der Waals surface area (Å²) in [6.07, 6.45) is 1.81. The van der Waals surface area contributed by atoms with E-state index in [0.29, 0.717) is 0 Å². The Morgan fingerprint density at radius 3 is 2.27 bits per heavy atom. The summed E-state index contributed by atoms with van der Waals surface area (Å²) in [6, 6.07) is 23.0. The molecule has 0 spiro atoms. The molecule has 22 heavy (non-hydrogen) atoms. The average molecular weight is 280 g/mol. The fourth-order valence-electron chi connectivity index (χ4n) is 3.30. The Labute approximate surface area is 128 Å². The summed E-state index contributed by atoms with van der Waals surface area (Å²) in [5, 5.41) is 2.58. The van der Waals surface area contributed by atoms with Gasteiger partial charge in [0.05, 0.1) is 17.1 Å². The Bertz CT molecular complexity index is 1010. The predicted octanol–water partition coefficient (Wildman–Crippen LogP) is 4.94. The van der Waals surface area contributed by atoms with E-state index in [0.717, 1.165) is 17.1 Å². The molecular formula is C20H12N2. The van der Waals surface area contributed by atoms with E-state index in [1.54, 1.807) is 6.20 Å². The largest absolute Gasteiger partial charge is 0.255 e. The second-order valence-corrected chi connectivity index (χ2v) is 5.52. The minimum atomic E-state index is 0.911. The molecule has 2 nitrogen and oxygen atoms in total. The molecule has 2 aromatic carbocycles. The van der Waals surface area contributed by atoms with Crippen molar-refractivity contribution in [1.82, 2.24) is 9.97 Å². The van der Waals surface area contributed by atoms with Crippen molar-refractivity contribution in [2.75, 3.05) is 0 Å². The molecular weight excluding hydrogens is 268 g/mol. The van der Waals surface area contributed by atoms with Crippen LogP contribution in [0.5, 0.6) is 0 Å². The van der Waals surface area contributed by atoms with E-state index in [-0.39, 0.29) is 0 Å². The maximum absolute atomic E-state index is 4.90. The normalized spacial score (nSPS) is 11.6. The van der Waals surface area contributed by atoms with Crippen LogP contribution < -0.4 is 0 Å². The molecule has 0 saturated carbocycles. The molecule has 0 bridgehead atoms. The molecule has 0 aliphatic heterocycles. The summed E-state index contributed by atoms with van der Waals surface area (Å²) in [5.41, 5.74) is 6.61. The first-order valence-corrected chi connectivity index (χ1v) is 7.37. The highest BCUT2D eigenvalue weighted by Gasteiger charge is 2.22. The molecule has 0 atom stereocenters. The van der Waals surface area contributed by atoms with Gasteiger partial charge in [0.25, 0.3) is 0 Å². The molecule has 0 radical (unpaired) electrons. The van der Waals surface area contributed by atoms with Crippen LogP contribution in [0.25, 0.3) is 44.5 Å². The van der Waals surface area contributed by atoms with Crippen LogP contribution in [0.4, 0.5) is 0 Å². The van der Waals surface area contributed by atoms with Gasteiger partial charge in [-0.1, -0.05) is 42.5 Å². The zero-order chi connectivity index (χ0) is 14.5. The van der Waals surface area contributed by atoms with Gasteiger partial charge in [-0.2, -0.15) is 0 Å². The van der Waals surface area contributed by atoms with Crippen LogP contribution in [-0.4, -0.2) is 9.97 Å². The van der Waals surface area contributed by atoms with Crippen LogP contribution in [0.2, 0.25) is 0 Å². The van der Waals surface area contributed by atoms with Gasteiger partial charge in [-0.3, -0.25) is 4.98 Å². The highest BCUT2D eigenvalue weighted by atomic mass is 14.8. The predicted molar refractivity (Wildman–Crippen MR) is 89.4 cm³/mol. The first kappa shape index (κ1) is 11.6. The van der Waals surface area contributed by atoms with Crippen LogP contribution in [0.3, 0.4) is 0 Å². The van der Waals surface area contributed by atoms with E-state index < -0.39 is 0 Å². The third kappa shape index (κ3) is 1.49. The number of hydrogen-bond acceptors (Lipinski definition) is 2. The van der Waals surface area contributed by atoms with Crippen LogP contribution >= 0.6 is 0 Å². The molecule has 0 amide bonds. The van der Waals surface area contributed by atoms with E-state index in [9.17, 15) is 0 Å². The maximum Gasteiger partial charge on any atom is 0.0894 e. The first-order chi connectivity index (χ1) is 10.9. The van der Waals surface area contributed by atoms with Crippen molar-refractivity contribution in [3.05, 3.63) is 72.9 Å². The highest BCUT2D eigenvalue weighted by Crippen LogP contribution is 2.46. The first-order valence-electron chi connectivity index (χ1n) is 7.37. The van der Waals surface area contributed by atoms with E-state index in [4.69, 9.17) is 4.98 Å². The van der Waals surface area contributed by atoms with Gasteiger partial charge in [0.15, 0.2) is 0 Å². The molecule has 2 aromatic heterocycles. The lowest BCUT2D eigenvalue weighted by atomic mass is 10.0. The third-order valence-electron chi connectivity index (χ3n) is 4.27. The number of nitrogens with zero attached hydrogens (tertiary/aromatic N) is 2. The van der Waals surface area contributed by atoms with Gasteiger partial charge in [-0.25, -0.2) is 4.98 Å². The molecule has 0 saturated heterocycles. The van der Waals surface area contributed by atoms with Gasteiger partial charge in [0, 0.05) is 17.3 Å². The van der Waals surface area contributed by atoms with Crippen LogP contribution in [0.1, 0.15) is 0 Å². The van der Waals surface area contributed by atoms with Crippen molar-refractivity contribution < 1.29 is 0 Å². The molecule has 4 aromatic rings. The molecule has 2 heteroatoms. The van der Waals surface area contributed by atoms with Gasteiger partial charge in [0.2, 0.25) is 0 Å². The van der Waals surface area contributed by atoms with Crippen molar-refractivity contribution >= 4 is 10.8 Å². The van der Waals surface area contributed by atoms with Gasteiger partial charge in [-0.15, -0.1) is 0 Å². The quantitative estimate of drug-likeness (QED) is 0.434. The topological polar surface area (TPSA) is 25.8 Å². The number of pyridine rings is 2. The zero-order valence-corrected chi connectivity index (χ0v) is 11.8. The zero-order valence-electron chi connectivity index (χ0n) is 11.8. The van der Waals surface area contributed by atoms with Crippen LogP contribution in [-0.2, 0) is 0 Å². The van der Waals surface area contributed by atoms with Crippen LogP contribution in [0.15, 0.2) is 72.9 Å². The third-order valence-corrected chi connectivity index (χ3v) is 4.27. The second-order valence-electron chi connectivity index (χ2n) is 5.52. The number of fused-ring (bicyclic) bond motifs is 3. The molecule has 0 fully saturated rings. The summed E-state index contributed by atoms with van der Waals surface area (Å²) in [6.45, 7) is 0. The summed E-state index contributed by atoms with van der Waals surface area (Å²) in [7, 11) is 0. The van der Waals surface area contributed by atoms with Crippen molar-refractivity contribution in [1.29, 1.82) is 0 Å². The van der Waals surface area contributed by atoms with Crippen molar-refractivity contribution in [2.45, 2.75) is 0 Å². The maximum atomic E-state index is 4.90. The van der Waals surface area contributed by atoms with E-state index in [2.05, 4.69) is 53.5 Å². The van der Waals surface area contributed by atoms with Crippen molar-refractivity contribution in [2.24, 2.45) is 0 Å². The summed E-state index contributed by atoms with van der Waals surface area (Å²) in [4.78, 5) is 9.31. The lowest BCUT2D eigenvalue weighted by Crippen LogP contribution is -1.89. The molecule has 2 heterocycles. The highest BCUT2D eigenvalue weighted by molar-refractivity contribution is 6.14. The number of aromatic nitrogens is 2. The average Bonchev–Trinajstić information content (AvgIpc) is 2.92. The number of benzene rings is 2. The summed E-state index contributed by atoms with van der Waals surface area (Å²) in [5.74, 6) is 0. The summed E-state index contributed by atoms with van der Waals surface area (Å²) >= 11 is 0. The molecule has 1 aliphatic rings. The van der Waals surface area contributed by atoms with E-state index >= 15 is 0 Å². The Balaban J connectivity index is 1.82. The molecule has 102 valence electrons. The SMILES string of the molecule is c1ccc(-c2ccc3c(n2)-c2cccc4cccc-3c24)nc1. The Morgan fingerprint density at radius 1 is 0.591 bits per heavy atom. The van der Waals surface area contributed by atoms with E-state index in [1.165, 1.54) is 27.5 Å². The Kier molecular flexibility index (Phi) is 2.25. The molecule has 5 rings (SSSR count). The van der Waals surface area contributed by atoms with Crippen molar-refractivity contribution in [3.8, 4) is 33.8 Å². The molecule has 1 aliphatic carbocycles. The smallest absolute Gasteiger partial charge is 0.0894 e. The number of hydrogen-bond donors (Lipinski definition) is 0. The van der Waals surface area contributed by atoms with Gasteiger partial charge < -0.3 is 0 Å². The Hall–Kier alpha value is -3.00. The summed E-state index contributed by atoms with van der Waals surface area (Å²) < 4.78 is 0. The lowest BCUT2D eigenvalue weighted by Gasteiger charge is -2.04. The fourth-order valence-corrected chi connectivity index (χ4v) is 3.30. The lowest BCUT2D eigenvalue weighted by molar-refractivity contribution is 1.26. The monoisotopic (exact) mass is 280 g/mol. The second kappa shape index (κ2) is 4.25. The van der Waals surface area contributed by atoms with Gasteiger partial charge in [-0.05, 0) is 40.6 Å². The molecule has 0 unspecified atom stereocenters. The minimum absolute atomic E-state index is 0.911. The van der Waals surface area contributed by atoms with E-state index in [1.807, 2.05) is 18.2 Å². The molecule has 0 N–H and O–H groups in total. The van der Waals surface area contributed by atoms with Crippen molar-refractivity contribution in [3.63, 3.8) is 0 Å². The standard InChI is InChI=1S/C20H12N2/c1-2-12-21-17(9-1)18-11-10-15-14-7-3-5-13-6-4-8-16(19(13)14)20(15)22-18/h1-12H. The number of rotatable bonds is 1. The van der Waals surface area contributed by atoms with Gasteiger partial charge >= 0.3 is 0 Å². The minimum Gasteiger partial charge on any atom is -0.255 e. The fraction of sp³-hybridized carbons (Fsp3) is 0. The Morgan fingerprint density at radius 2 is 1.45 bits per heavy atom.